The second-order valence-corrected chi connectivity index (χ2v) is 6.10. The molecule has 2 aromatic carbocycles. The zero-order valence-corrected chi connectivity index (χ0v) is 13.6. The van der Waals surface area contributed by atoms with Crippen molar-refractivity contribution in [1.82, 2.24) is 9.97 Å². The Balaban J connectivity index is 1.79. The molecule has 1 aliphatic rings. The van der Waals surface area contributed by atoms with Gasteiger partial charge < -0.3 is 9.72 Å². The molecule has 0 radical (unpaired) electrons. The smallest absolute Gasteiger partial charge is 0.259 e. The van der Waals surface area contributed by atoms with Gasteiger partial charge in [0, 0.05) is 6.42 Å². The number of rotatable bonds is 2. The zero-order chi connectivity index (χ0) is 17.4. The van der Waals surface area contributed by atoms with Crippen LogP contribution < -0.4 is 10.3 Å². The monoisotopic (exact) mass is 329 g/mol. The molecule has 5 heteroatoms. The van der Waals surface area contributed by atoms with E-state index in [0.29, 0.717) is 16.5 Å². The van der Waals surface area contributed by atoms with Crippen LogP contribution in [0.4, 0.5) is 0 Å². The fraction of sp³-hybridized carbons (Fsp3) is 0.150. The van der Waals surface area contributed by atoms with E-state index in [1.54, 1.807) is 24.3 Å². The van der Waals surface area contributed by atoms with Crippen molar-refractivity contribution in [2.24, 2.45) is 0 Å². The van der Waals surface area contributed by atoms with E-state index in [1.807, 2.05) is 31.2 Å². The van der Waals surface area contributed by atoms with E-state index < -0.39 is 0 Å². The fourth-order valence-corrected chi connectivity index (χ4v) is 3.07. The Bertz CT molecular complexity index is 1110. The van der Waals surface area contributed by atoms with Gasteiger partial charge in [0.2, 0.25) is 0 Å². The number of aromatic amines is 1. The predicted octanol–water partition coefficient (Wildman–Crippen LogP) is 3.31. The van der Waals surface area contributed by atoms with Gasteiger partial charge in [0.25, 0.3) is 5.56 Å². The molecule has 1 aliphatic heterocycles. The molecule has 0 aliphatic carbocycles. The molecule has 0 amide bonds. The summed E-state index contributed by atoms with van der Waals surface area (Å²) < 4.78 is 5.70. The summed E-state index contributed by atoms with van der Waals surface area (Å²) in [5, 5.41) is 10.0. The standard InChI is InChI=1S/C20H15N3O2/c1-12-8-14-9-13(6-7-18(14)25-12)10-15(11-21)19-22-17-5-3-2-4-16(17)20(24)23-19/h2-7,9-10,12H,8H2,1H3,(H,22,23,24)/b15-10+/t12-/m0/s1. The van der Waals surface area contributed by atoms with Crippen LogP contribution in [-0.4, -0.2) is 16.1 Å². The molecular formula is C20H15N3O2. The van der Waals surface area contributed by atoms with Crippen molar-refractivity contribution >= 4 is 22.6 Å². The van der Waals surface area contributed by atoms with Crippen molar-refractivity contribution in [3.05, 3.63) is 69.8 Å². The van der Waals surface area contributed by atoms with Gasteiger partial charge in [-0.3, -0.25) is 4.79 Å². The topological polar surface area (TPSA) is 78.8 Å². The number of H-pyrrole nitrogens is 1. The Morgan fingerprint density at radius 2 is 2.20 bits per heavy atom. The van der Waals surface area contributed by atoms with Crippen molar-refractivity contribution in [3.8, 4) is 11.8 Å². The van der Waals surface area contributed by atoms with Gasteiger partial charge in [0.15, 0.2) is 5.82 Å². The molecule has 25 heavy (non-hydrogen) atoms. The molecular weight excluding hydrogens is 314 g/mol. The van der Waals surface area contributed by atoms with Crippen molar-refractivity contribution < 1.29 is 4.74 Å². The van der Waals surface area contributed by atoms with Gasteiger partial charge >= 0.3 is 0 Å². The summed E-state index contributed by atoms with van der Waals surface area (Å²) in [4.78, 5) is 19.3. The number of ether oxygens (including phenoxy) is 1. The highest BCUT2D eigenvalue weighted by Gasteiger charge is 2.18. The van der Waals surface area contributed by atoms with Crippen LogP contribution in [0.25, 0.3) is 22.6 Å². The van der Waals surface area contributed by atoms with E-state index in [2.05, 4.69) is 16.0 Å². The second kappa shape index (κ2) is 5.91. The lowest BCUT2D eigenvalue weighted by molar-refractivity contribution is 0.254. The molecule has 1 N–H and O–H groups in total. The molecule has 5 nitrogen and oxygen atoms in total. The third-order valence-corrected chi connectivity index (χ3v) is 4.22. The maximum absolute atomic E-state index is 12.2. The maximum atomic E-state index is 12.2. The number of benzene rings is 2. The molecule has 0 fully saturated rings. The molecule has 0 bridgehead atoms. The number of aromatic nitrogens is 2. The van der Waals surface area contributed by atoms with Crippen molar-refractivity contribution in [1.29, 1.82) is 5.26 Å². The van der Waals surface area contributed by atoms with Crippen molar-refractivity contribution in [2.75, 3.05) is 0 Å². The minimum absolute atomic E-state index is 0.170. The maximum Gasteiger partial charge on any atom is 0.259 e. The summed E-state index contributed by atoms with van der Waals surface area (Å²) in [6.07, 6.45) is 2.75. The Labute approximate surface area is 144 Å². The molecule has 122 valence electrons. The summed E-state index contributed by atoms with van der Waals surface area (Å²) >= 11 is 0. The number of hydrogen-bond donors (Lipinski definition) is 1. The minimum atomic E-state index is -0.252. The third kappa shape index (κ3) is 2.79. The van der Waals surface area contributed by atoms with Gasteiger partial charge in [-0.2, -0.15) is 5.26 Å². The molecule has 1 atom stereocenters. The number of fused-ring (bicyclic) bond motifs is 2. The van der Waals surface area contributed by atoms with Crippen LogP contribution >= 0.6 is 0 Å². The molecule has 0 saturated carbocycles. The number of hydrogen-bond acceptors (Lipinski definition) is 4. The first-order valence-electron chi connectivity index (χ1n) is 8.05. The summed E-state index contributed by atoms with van der Waals surface area (Å²) in [5.41, 5.74) is 2.63. The van der Waals surface area contributed by atoms with Crippen LogP contribution in [0.1, 0.15) is 23.9 Å². The van der Waals surface area contributed by atoms with Crippen LogP contribution in [0.15, 0.2) is 47.3 Å². The van der Waals surface area contributed by atoms with E-state index in [0.717, 1.165) is 23.3 Å². The SMILES string of the molecule is C[C@H]1Cc2cc(/C=C(\C#N)c3nc4ccccc4c(=O)[nH]3)ccc2O1. The normalized spacial score (nSPS) is 16.3. The Morgan fingerprint density at radius 1 is 1.36 bits per heavy atom. The van der Waals surface area contributed by atoms with Gasteiger partial charge in [-0.05, 0) is 48.4 Å². The van der Waals surface area contributed by atoms with E-state index in [4.69, 9.17) is 4.74 Å². The van der Waals surface area contributed by atoms with Crippen LogP contribution in [0.3, 0.4) is 0 Å². The van der Waals surface area contributed by atoms with Crippen molar-refractivity contribution in [2.45, 2.75) is 19.4 Å². The number of para-hydroxylation sites is 1. The summed E-state index contributed by atoms with van der Waals surface area (Å²) in [6.45, 7) is 2.03. The van der Waals surface area contributed by atoms with E-state index in [-0.39, 0.29) is 17.5 Å². The lowest BCUT2D eigenvalue weighted by atomic mass is 10.0. The first-order chi connectivity index (χ1) is 12.1. The molecule has 1 aromatic heterocycles. The van der Waals surface area contributed by atoms with Gasteiger partial charge in [0.05, 0.1) is 16.5 Å². The number of nitrogens with one attached hydrogen (secondary N) is 1. The molecule has 4 rings (SSSR count). The van der Waals surface area contributed by atoms with Crippen LogP contribution in [0, 0.1) is 11.3 Å². The summed E-state index contributed by atoms with van der Waals surface area (Å²) in [7, 11) is 0. The quantitative estimate of drug-likeness (QED) is 0.732. The summed E-state index contributed by atoms with van der Waals surface area (Å²) in [6, 6.07) is 15.0. The fourth-order valence-electron chi connectivity index (χ4n) is 3.07. The Hall–Kier alpha value is -3.39. The second-order valence-electron chi connectivity index (χ2n) is 6.10. The molecule has 0 unspecified atom stereocenters. The lowest BCUT2D eigenvalue weighted by Gasteiger charge is -2.04. The average molecular weight is 329 g/mol. The van der Waals surface area contributed by atoms with Crippen molar-refractivity contribution in [3.63, 3.8) is 0 Å². The Morgan fingerprint density at radius 3 is 3.04 bits per heavy atom. The van der Waals surface area contributed by atoms with E-state index in [1.165, 1.54) is 0 Å². The average Bonchev–Trinajstić information content (AvgIpc) is 2.99. The van der Waals surface area contributed by atoms with Gasteiger partial charge in [-0.15, -0.1) is 0 Å². The van der Waals surface area contributed by atoms with Gasteiger partial charge in [-0.1, -0.05) is 18.2 Å². The molecule has 0 spiro atoms. The predicted molar refractivity (Wildman–Crippen MR) is 96.1 cm³/mol. The highest BCUT2D eigenvalue weighted by molar-refractivity contribution is 5.89. The lowest BCUT2D eigenvalue weighted by Crippen LogP contribution is -2.11. The third-order valence-electron chi connectivity index (χ3n) is 4.22. The van der Waals surface area contributed by atoms with Crippen LogP contribution in [0.5, 0.6) is 5.75 Å². The Kier molecular flexibility index (Phi) is 3.58. The largest absolute Gasteiger partial charge is 0.490 e. The van der Waals surface area contributed by atoms with Crippen LogP contribution in [0.2, 0.25) is 0 Å². The van der Waals surface area contributed by atoms with Gasteiger partial charge in [0.1, 0.15) is 17.9 Å². The zero-order valence-electron chi connectivity index (χ0n) is 13.6. The molecule has 0 saturated heterocycles. The van der Waals surface area contributed by atoms with Gasteiger partial charge in [-0.25, -0.2) is 4.98 Å². The van der Waals surface area contributed by atoms with E-state index >= 15 is 0 Å². The highest BCUT2D eigenvalue weighted by atomic mass is 16.5. The van der Waals surface area contributed by atoms with E-state index in [9.17, 15) is 10.1 Å². The molecule has 2 heterocycles. The highest BCUT2D eigenvalue weighted by Crippen LogP contribution is 2.30. The number of allylic oxidation sites excluding steroid dienone is 1. The first kappa shape index (κ1) is 15.2. The number of nitriles is 1. The van der Waals surface area contributed by atoms with Crippen LogP contribution in [-0.2, 0) is 6.42 Å². The minimum Gasteiger partial charge on any atom is -0.490 e. The molecule has 3 aromatic rings. The first-order valence-corrected chi connectivity index (χ1v) is 8.05. The number of nitrogens with zero attached hydrogens (tertiary/aromatic N) is 2. The summed E-state index contributed by atoms with van der Waals surface area (Å²) in [5.74, 6) is 1.16.